The first-order valence-corrected chi connectivity index (χ1v) is 6.45. The van der Waals surface area contributed by atoms with Crippen LogP contribution in [0, 0.1) is 5.92 Å². The smallest absolute Gasteiger partial charge is 0.186 e. The molecule has 0 amide bonds. The minimum absolute atomic E-state index is 0.789. The van der Waals surface area contributed by atoms with Crippen LogP contribution in [0.25, 0.3) is 10.2 Å². The third kappa shape index (κ3) is 1.63. The molecular formula is C12H15N3S. The van der Waals surface area contributed by atoms with Crippen LogP contribution in [0.3, 0.4) is 0 Å². The highest BCUT2D eigenvalue weighted by molar-refractivity contribution is 7.22. The molecular weight excluding hydrogens is 218 g/mol. The van der Waals surface area contributed by atoms with Gasteiger partial charge in [0.2, 0.25) is 0 Å². The van der Waals surface area contributed by atoms with Crippen LogP contribution in [-0.4, -0.2) is 18.1 Å². The fraction of sp³-hybridized carbons (Fsp3) is 0.417. The minimum atomic E-state index is 0.789. The molecule has 1 aliphatic rings. The first kappa shape index (κ1) is 9.90. The summed E-state index contributed by atoms with van der Waals surface area (Å²) in [5.41, 5.74) is 7.65. The summed E-state index contributed by atoms with van der Waals surface area (Å²) in [5.74, 6) is 0.789. The topological polar surface area (TPSA) is 42.2 Å². The fourth-order valence-electron chi connectivity index (χ4n) is 2.17. The van der Waals surface area contributed by atoms with E-state index in [1.54, 1.807) is 11.3 Å². The van der Waals surface area contributed by atoms with E-state index < -0.39 is 0 Å². The summed E-state index contributed by atoms with van der Waals surface area (Å²) in [6.45, 7) is 4.57. The molecule has 0 saturated carbocycles. The average molecular weight is 233 g/mol. The normalized spacial score (nSPS) is 20.8. The summed E-state index contributed by atoms with van der Waals surface area (Å²) in [5, 5.41) is 1.14. The molecule has 1 aliphatic heterocycles. The summed E-state index contributed by atoms with van der Waals surface area (Å²) in [4.78, 5) is 7.04. The van der Waals surface area contributed by atoms with Gasteiger partial charge in [0.25, 0.3) is 0 Å². The van der Waals surface area contributed by atoms with Crippen LogP contribution in [0.15, 0.2) is 18.2 Å². The van der Waals surface area contributed by atoms with Crippen LogP contribution in [-0.2, 0) is 0 Å². The Balaban J connectivity index is 1.99. The Morgan fingerprint density at radius 1 is 1.50 bits per heavy atom. The molecule has 3 nitrogen and oxygen atoms in total. The van der Waals surface area contributed by atoms with Crippen molar-refractivity contribution in [3.8, 4) is 0 Å². The van der Waals surface area contributed by atoms with Crippen LogP contribution in [0.2, 0.25) is 0 Å². The summed E-state index contributed by atoms with van der Waals surface area (Å²) in [7, 11) is 0. The average Bonchev–Trinajstić information content (AvgIpc) is 2.83. The number of nitrogen functional groups attached to an aromatic ring is 1. The van der Waals surface area contributed by atoms with Crippen LogP contribution >= 0.6 is 11.3 Å². The van der Waals surface area contributed by atoms with E-state index in [0.29, 0.717) is 0 Å². The van der Waals surface area contributed by atoms with Crippen molar-refractivity contribution in [1.29, 1.82) is 0 Å². The molecule has 0 radical (unpaired) electrons. The summed E-state index contributed by atoms with van der Waals surface area (Å²) >= 11 is 1.75. The maximum absolute atomic E-state index is 5.77. The lowest BCUT2D eigenvalue weighted by atomic mass is 10.2. The van der Waals surface area contributed by atoms with E-state index in [2.05, 4.69) is 16.8 Å². The molecule has 16 heavy (non-hydrogen) atoms. The first-order valence-electron chi connectivity index (χ1n) is 5.63. The third-order valence-electron chi connectivity index (χ3n) is 3.10. The quantitative estimate of drug-likeness (QED) is 0.770. The van der Waals surface area contributed by atoms with Crippen molar-refractivity contribution in [2.24, 2.45) is 5.92 Å². The van der Waals surface area contributed by atoms with E-state index in [1.165, 1.54) is 11.1 Å². The predicted octanol–water partition coefficient (Wildman–Crippen LogP) is 2.72. The van der Waals surface area contributed by atoms with Gasteiger partial charge >= 0.3 is 0 Å². The molecule has 1 aromatic heterocycles. The first-order chi connectivity index (χ1) is 7.72. The number of rotatable bonds is 1. The van der Waals surface area contributed by atoms with Crippen molar-refractivity contribution in [2.75, 3.05) is 23.7 Å². The van der Waals surface area contributed by atoms with E-state index >= 15 is 0 Å². The Labute approximate surface area is 98.9 Å². The summed E-state index contributed by atoms with van der Waals surface area (Å²) in [6, 6.07) is 5.93. The van der Waals surface area contributed by atoms with Gasteiger partial charge in [0.1, 0.15) is 0 Å². The second kappa shape index (κ2) is 3.63. The van der Waals surface area contributed by atoms with E-state index in [0.717, 1.165) is 35.3 Å². The molecule has 84 valence electrons. The molecule has 2 aromatic rings. The van der Waals surface area contributed by atoms with Crippen molar-refractivity contribution in [3.63, 3.8) is 0 Å². The maximum Gasteiger partial charge on any atom is 0.186 e. The molecule has 4 heteroatoms. The number of nitrogens with two attached hydrogens (primary N) is 1. The zero-order chi connectivity index (χ0) is 11.1. The van der Waals surface area contributed by atoms with Gasteiger partial charge in [-0.1, -0.05) is 18.3 Å². The van der Waals surface area contributed by atoms with Gasteiger partial charge in [-0.25, -0.2) is 4.98 Å². The maximum atomic E-state index is 5.77. The highest BCUT2D eigenvalue weighted by Gasteiger charge is 2.21. The predicted molar refractivity (Wildman–Crippen MR) is 70.0 cm³/mol. The van der Waals surface area contributed by atoms with Crippen molar-refractivity contribution < 1.29 is 0 Å². The molecule has 3 rings (SSSR count). The molecule has 1 fully saturated rings. The molecule has 1 saturated heterocycles. The Kier molecular flexibility index (Phi) is 2.24. The second-order valence-electron chi connectivity index (χ2n) is 4.56. The van der Waals surface area contributed by atoms with Gasteiger partial charge in [-0.3, -0.25) is 0 Å². The number of hydrogen-bond acceptors (Lipinski definition) is 4. The van der Waals surface area contributed by atoms with Gasteiger partial charge in [-0.2, -0.15) is 0 Å². The number of hydrogen-bond donors (Lipinski definition) is 1. The molecule has 0 bridgehead atoms. The zero-order valence-corrected chi connectivity index (χ0v) is 10.1. The van der Waals surface area contributed by atoms with Crippen LogP contribution in [0.5, 0.6) is 0 Å². The number of nitrogens with zero attached hydrogens (tertiary/aromatic N) is 2. The van der Waals surface area contributed by atoms with E-state index in [-0.39, 0.29) is 0 Å². The Morgan fingerprint density at radius 3 is 3.12 bits per heavy atom. The Bertz CT molecular complexity index is 520. The molecule has 1 aromatic carbocycles. The highest BCUT2D eigenvalue weighted by atomic mass is 32.1. The number of thiazole rings is 1. The Morgan fingerprint density at radius 2 is 2.38 bits per heavy atom. The van der Waals surface area contributed by atoms with E-state index in [4.69, 9.17) is 5.73 Å². The molecule has 0 spiro atoms. The van der Waals surface area contributed by atoms with Crippen LogP contribution in [0.1, 0.15) is 13.3 Å². The lowest BCUT2D eigenvalue weighted by molar-refractivity contribution is 0.659. The van der Waals surface area contributed by atoms with Crippen molar-refractivity contribution in [2.45, 2.75) is 13.3 Å². The number of aromatic nitrogens is 1. The zero-order valence-electron chi connectivity index (χ0n) is 9.31. The highest BCUT2D eigenvalue weighted by Crippen LogP contribution is 2.32. The molecule has 2 heterocycles. The van der Waals surface area contributed by atoms with Gasteiger partial charge < -0.3 is 10.6 Å². The van der Waals surface area contributed by atoms with Gasteiger partial charge in [0.05, 0.1) is 10.2 Å². The van der Waals surface area contributed by atoms with Crippen LogP contribution < -0.4 is 10.6 Å². The SMILES string of the molecule is C[C@H]1CCN(c2nc3ccc(N)cc3s2)C1. The lowest BCUT2D eigenvalue weighted by Gasteiger charge is -2.12. The van der Waals surface area contributed by atoms with E-state index in [9.17, 15) is 0 Å². The van der Waals surface area contributed by atoms with Crippen molar-refractivity contribution in [1.82, 2.24) is 4.98 Å². The molecule has 2 N–H and O–H groups in total. The number of benzene rings is 1. The number of fused-ring (bicyclic) bond motifs is 1. The molecule has 0 aliphatic carbocycles. The lowest BCUT2D eigenvalue weighted by Crippen LogP contribution is -2.18. The van der Waals surface area contributed by atoms with Gasteiger partial charge in [0, 0.05) is 18.8 Å². The number of anilines is 2. The fourth-order valence-corrected chi connectivity index (χ4v) is 3.22. The van der Waals surface area contributed by atoms with Gasteiger partial charge in [-0.15, -0.1) is 0 Å². The molecule has 0 unspecified atom stereocenters. The Hall–Kier alpha value is -1.29. The van der Waals surface area contributed by atoms with Gasteiger partial charge in [-0.05, 0) is 30.5 Å². The molecule has 1 atom stereocenters. The largest absolute Gasteiger partial charge is 0.399 e. The summed E-state index contributed by atoms with van der Waals surface area (Å²) < 4.78 is 1.19. The van der Waals surface area contributed by atoms with Gasteiger partial charge in [0.15, 0.2) is 5.13 Å². The minimum Gasteiger partial charge on any atom is -0.399 e. The standard InChI is InChI=1S/C12H15N3S/c1-8-4-5-15(7-8)12-14-10-3-2-9(13)6-11(10)16-12/h2-3,6,8H,4-5,7,13H2,1H3/t8-/m0/s1. The van der Waals surface area contributed by atoms with Crippen molar-refractivity contribution in [3.05, 3.63) is 18.2 Å². The monoisotopic (exact) mass is 233 g/mol. The second-order valence-corrected chi connectivity index (χ2v) is 5.57. The summed E-state index contributed by atoms with van der Waals surface area (Å²) in [6.07, 6.45) is 1.28. The van der Waals surface area contributed by atoms with Crippen LogP contribution in [0.4, 0.5) is 10.8 Å². The van der Waals surface area contributed by atoms with E-state index in [1.807, 2.05) is 18.2 Å². The third-order valence-corrected chi connectivity index (χ3v) is 4.17. The van der Waals surface area contributed by atoms with Crippen molar-refractivity contribution >= 4 is 32.4 Å².